The van der Waals surface area contributed by atoms with Gasteiger partial charge in [-0.25, -0.2) is 0 Å². The summed E-state index contributed by atoms with van der Waals surface area (Å²) >= 11 is 5.83. The molecule has 1 amide bonds. The molecule has 2 rings (SSSR count). The average Bonchev–Trinajstić information content (AvgIpc) is 2.41. The molecule has 116 valence electrons. The summed E-state index contributed by atoms with van der Waals surface area (Å²) in [7, 11) is 0. The fraction of sp³-hybridized carbons (Fsp3) is 0.500. The number of nitrogens with two attached hydrogens (primary N) is 1. The number of halogens is 4. The first-order chi connectivity index (χ1) is 9.77. The van der Waals surface area contributed by atoms with Crippen molar-refractivity contribution < 1.29 is 18.0 Å². The van der Waals surface area contributed by atoms with Gasteiger partial charge in [0.2, 0.25) is 0 Å². The monoisotopic (exact) mass is 320 g/mol. The Morgan fingerprint density at radius 1 is 1.33 bits per heavy atom. The Bertz CT molecular complexity index is 533. The molecule has 2 atom stereocenters. The summed E-state index contributed by atoms with van der Waals surface area (Å²) in [6, 6.07) is 3.95. The highest BCUT2D eigenvalue weighted by Crippen LogP contribution is 2.37. The van der Waals surface area contributed by atoms with Crippen LogP contribution in [0.3, 0.4) is 0 Å². The standard InChI is InChI=1S/C14H16ClF3N2O/c15-11-6-8(4-5-12(11)19)13(21)20-10-3-1-2-9(7-10)14(16,17)18/h4-6,9-10H,1-3,7,19H2,(H,20,21). The lowest BCUT2D eigenvalue weighted by atomic mass is 9.85. The zero-order valence-electron chi connectivity index (χ0n) is 11.2. The van der Waals surface area contributed by atoms with E-state index >= 15 is 0 Å². The van der Waals surface area contributed by atoms with Crippen molar-refractivity contribution >= 4 is 23.2 Å². The molecule has 3 N–H and O–H groups in total. The third kappa shape index (κ3) is 4.03. The lowest BCUT2D eigenvalue weighted by Gasteiger charge is -2.31. The minimum atomic E-state index is -4.20. The highest BCUT2D eigenvalue weighted by atomic mass is 35.5. The van der Waals surface area contributed by atoms with Crippen LogP contribution in [0.5, 0.6) is 0 Å². The molecule has 1 aliphatic carbocycles. The van der Waals surface area contributed by atoms with Gasteiger partial charge in [0.25, 0.3) is 5.91 Å². The Balaban J connectivity index is 2.00. The van der Waals surface area contributed by atoms with E-state index in [9.17, 15) is 18.0 Å². The number of amides is 1. The molecule has 0 aromatic heterocycles. The van der Waals surface area contributed by atoms with E-state index in [-0.39, 0.29) is 17.9 Å². The van der Waals surface area contributed by atoms with Gasteiger partial charge in [0.1, 0.15) is 0 Å². The number of nitrogens with one attached hydrogen (secondary N) is 1. The average molecular weight is 321 g/mol. The first-order valence-electron chi connectivity index (χ1n) is 6.70. The van der Waals surface area contributed by atoms with Crippen LogP contribution in [0.2, 0.25) is 5.02 Å². The van der Waals surface area contributed by atoms with Gasteiger partial charge in [0.05, 0.1) is 16.6 Å². The predicted molar refractivity (Wildman–Crippen MR) is 75.1 cm³/mol. The number of nitrogen functional groups attached to an aromatic ring is 1. The van der Waals surface area contributed by atoms with E-state index in [2.05, 4.69) is 5.32 Å². The maximum absolute atomic E-state index is 12.7. The second-order valence-corrected chi connectivity index (χ2v) is 5.72. The molecule has 0 bridgehead atoms. The van der Waals surface area contributed by atoms with Crippen molar-refractivity contribution in [3.8, 4) is 0 Å². The van der Waals surface area contributed by atoms with Crippen LogP contribution in [0.4, 0.5) is 18.9 Å². The summed E-state index contributed by atoms with van der Waals surface area (Å²) < 4.78 is 38.2. The van der Waals surface area contributed by atoms with Crippen LogP contribution in [0.15, 0.2) is 18.2 Å². The van der Waals surface area contributed by atoms with E-state index in [0.717, 1.165) is 0 Å². The smallest absolute Gasteiger partial charge is 0.391 e. The van der Waals surface area contributed by atoms with Crippen LogP contribution in [0, 0.1) is 5.92 Å². The second kappa shape index (κ2) is 6.13. The number of hydrogen-bond donors (Lipinski definition) is 2. The number of alkyl halides is 3. The molecule has 21 heavy (non-hydrogen) atoms. The first kappa shape index (κ1) is 15.9. The summed E-state index contributed by atoms with van der Waals surface area (Å²) in [6.07, 6.45) is -3.13. The minimum absolute atomic E-state index is 0.0715. The van der Waals surface area contributed by atoms with Gasteiger partial charge in [-0.2, -0.15) is 13.2 Å². The molecule has 0 spiro atoms. The van der Waals surface area contributed by atoms with Crippen LogP contribution >= 0.6 is 11.6 Å². The van der Waals surface area contributed by atoms with Crippen molar-refractivity contribution in [3.63, 3.8) is 0 Å². The van der Waals surface area contributed by atoms with E-state index < -0.39 is 24.0 Å². The van der Waals surface area contributed by atoms with Crippen LogP contribution in [-0.4, -0.2) is 18.1 Å². The fourth-order valence-electron chi connectivity index (χ4n) is 2.56. The van der Waals surface area contributed by atoms with Crippen LogP contribution < -0.4 is 11.1 Å². The van der Waals surface area contributed by atoms with Gasteiger partial charge in [-0.3, -0.25) is 4.79 Å². The lowest BCUT2D eigenvalue weighted by Crippen LogP contribution is -2.41. The molecule has 1 aliphatic rings. The Morgan fingerprint density at radius 3 is 2.67 bits per heavy atom. The van der Waals surface area contributed by atoms with E-state index in [1.165, 1.54) is 18.2 Å². The molecule has 1 aromatic carbocycles. The first-order valence-corrected chi connectivity index (χ1v) is 7.08. The Hall–Kier alpha value is -1.43. The normalized spacial score (nSPS) is 22.9. The van der Waals surface area contributed by atoms with Gasteiger partial charge < -0.3 is 11.1 Å². The Morgan fingerprint density at radius 2 is 2.05 bits per heavy atom. The van der Waals surface area contributed by atoms with Gasteiger partial charge in [-0.15, -0.1) is 0 Å². The minimum Gasteiger partial charge on any atom is -0.398 e. The van der Waals surface area contributed by atoms with Crippen LogP contribution in [-0.2, 0) is 0 Å². The van der Waals surface area contributed by atoms with Gasteiger partial charge in [0, 0.05) is 11.6 Å². The third-order valence-corrected chi connectivity index (χ3v) is 4.06. The number of carbonyl (C=O) groups is 1. The summed E-state index contributed by atoms with van der Waals surface area (Å²) in [6.45, 7) is 0. The number of rotatable bonds is 2. The van der Waals surface area contributed by atoms with Crippen molar-refractivity contribution in [1.29, 1.82) is 0 Å². The number of anilines is 1. The molecule has 0 heterocycles. The molecule has 1 aromatic rings. The molecule has 1 saturated carbocycles. The molecule has 3 nitrogen and oxygen atoms in total. The maximum Gasteiger partial charge on any atom is 0.391 e. The van der Waals surface area contributed by atoms with Crippen molar-refractivity contribution in [1.82, 2.24) is 5.32 Å². The van der Waals surface area contributed by atoms with Gasteiger partial charge in [0.15, 0.2) is 0 Å². The number of carbonyl (C=O) groups excluding carboxylic acids is 1. The molecular weight excluding hydrogens is 305 g/mol. The topological polar surface area (TPSA) is 55.1 Å². The van der Waals surface area contributed by atoms with E-state index in [0.29, 0.717) is 24.1 Å². The third-order valence-electron chi connectivity index (χ3n) is 3.73. The zero-order chi connectivity index (χ0) is 15.6. The van der Waals surface area contributed by atoms with E-state index in [1.54, 1.807) is 0 Å². The van der Waals surface area contributed by atoms with Crippen molar-refractivity contribution in [2.75, 3.05) is 5.73 Å². The zero-order valence-corrected chi connectivity index (χ0v) is 12.0. The summed E-state index contributed by atoms with van der Waals surface area (Å²) in [4.78, 5) is 12.0. The highest BCUT2D eigenvalue weighted by molar-refractivity contribution is 6.33. The maximum atomic E-state index is 12.7. The molecule has 0 radical (unpaired) electrons. The van der Waals surface area contributed by atoms with Crippen molar-refractivity contribution in [2.45, 2.75) is 37.9 Å². The largest absolute Gasteiger partial charge is 0.398 e. The second-order valence-electron chi connectivity index (χ2n) is 5.31. The molecule has 2 unspecified atom stereocenters. The quantitative estimate of drug-likeness (QED) is 0.815. The van der Waals surface area contributed by atoms with Gasteiger partial charge in [-0.1, -0.05) is 18.0 Å². The summed E-state index contributed by atoms with van der Waals surface area (Å²) in [5, 5.41) is 2.90. The van der Waals surface area contributed by atoms with Gasteiger partial charge in [-0.05, 0) is 37.5 Å². The van der Waals surface area contributed by atoms with E-state index in [4.69, 9.17) is 17.3 Å². The Labute approximate surface area is 125 Å². The predicted octanol–water partition coefficient (Wildman–Crippen LogP) is 3.77. The molecule has 1 fully saturated rings. The molecule has 0 saturated heterocycles. The number of hydrogen-bond acceptors (Lipinski definition) is 2. The molecule has 0 aliphatic heterocycles. The fourth-order valence-corrected chi connectivity index (χ4v) is 2.74. The summed E-state index contributed by atoms with van der Waals surface area (Å²) in [5.74, 6) is -1.77. The number of benzene rings is 1. The van der Waals surface area contributed by atoms with Crippen molar-refractivity contribution in [3.05, 3.63) is 28.8 Å². The van der Waals surface area contributed by atoms with Crippen LogP contribution in [0.1, 0.15) is 36.0 Å². The molecule has 7 heteroatoms. The van der Waals surface area contributed by atoms with Crippen LogP contribution in [0.25, 0.3) is 0 Å². The summed E-state index contributed by atoms with van der Waals surface area (Å²) in [5.41, 5.74) is 6.20. The highest BCUT2D eigenvalue weighted by Gasteiger charge is 2.42. The SMILES string of the molecule is Nc1ccc(C(=O)NC2CCCC(C(F)(F)F)C2)cc1Cl. The molecular formula is C14H16ClF3N2O. The Kier molecular flexibility index (Phi) is 4.66. The van der Waals surface area contributed by atoms with E-state index in [1.807, 2.05) is 0 Å². The van der Waals surface area contributed by atoms with Crippen molar-refractivity contribution in [2.24, 2.45) is 5.92 Å². The lowest BCUT2D eigenvalue weighted by molar-refractivity contribution is -0.183. The van der Waals surface area contributed by atoms with Gasteiger partial charge >= 0.3 is 6.18 Å².